The Hall–Kier alpha value is -2.62. The Morgan fingerprint density at radius 2 is 1.74 bits per heavy atom. The van der Waals surface area contributed by atoms with E-state index in [4.69, 9.17) is 4.74 Å². The monoisotopic (exact) mass is 256 g/mol. The number of methoxy groups -OCH3 is 1. The number of hydrogen-bond donors (Lipinski definition) is 1. The lowest BCUT2D eigenvalue weighted by Gasteiger charge is -2.08. The number of phenolic OH excluding ortho intramolecular Hbond substituents is 1. The molecule has 2 aromatic carbocycles. The van der Waals surface area contributed by atoms with Crippen LogP contribution in [0, 0.1) is 0 Å². The average molecular weight is 256 g/mol. The standard InChI is InChI=1S/C15H12O4/c1-19-13-3-4-14(11(7-13)8-16)10-2-5-15(18)12(6-10)9-17/h2-9,18H,1H3. The zero-order chi connectivity index (χ0) is 13.8. The Kier molecular flexibility index (Phi) is 3.61. The van der Waals surface area contributed by atoms with Gasteiger partial charge in [-0.3, -0.25) is 9.59 Å². The maximum Gasteiger partial charge on any atom is 0.153 e. The lowest BCUT2D eigenvalue weighted by molar-refractivity contribution is 0.111. The molecule has 2 rings (SSSR count). The number of aromatic hydroxyl groups is 1. The zero-order valence-corrected chi connectivity index (χ0v) is 10.3. The van der Waals surface area contributed by atoms with Crippen molar-refractivity contribution in [2.75, 3.05) is 7.11 Å². The van der Waals surface area contributed by atoms with Crippen molar-refractivity contribution in [3.63, 3.8) is 0 Å². The van der Waals surface area contributed by atoms with E-state index in [1.807, 2.05) is 0 Å². The molecule has 19 heavy (non-hydrogen) atoms. The van der Waals surface area contributed by atoms with E-state index in [2.05, 4.69) is 0 Å². The van der Waals surface area contributed by atoms with Crippen LogP contribution in [0.15, 0.2) is 36.4 Å². The predicted octanol–water partition coefficient (Wildman–Crippen LogP) is 2.69. The van der Waals surface area contributed by atoms with E-state index in [1.165, 1.54) is 19.2 Å². The second-order valence-electron chi connectivity index (χ2n) is 3.96. The third-order valence-corrected chi connectivity index (χ3v) is 2.85. The number of carbonyl (C=O) groups excluding carboxylic acids is 2. The van der Waals surface area contributed by atoms with Crippen LogP contribution in [-0.4, -0.2) is 24.8 Å². The minimum absolute atomic E-state index is 0.0834. The maximum absolute atomic E-state index is 11.1. The fourth-order valence-electron chi connectivity index (χ4n) is 1.84. The minimum Gasteiger partial charge on any atom is -0.507 e. The fraction of sp³-hybridized carbons (Fsp3) is 0.0667. The van der Waals surface area contributed by atoms with Gasteiger partial charge in [0.1, 0.15) is 11.5 Å². The molecule has 0 saturated carbocycles. The van der Waals surface area contributed by atoms with Crippen molar-refractivity contribution in [1.29, 1.82) is 0 Å². The van der Waals surface area contributed by atoms with Gasteiger partial charge in [0.15, 0.2) is 12.6 Å². The van der Waals surface area contributed by atoms with Gasteiger partial charge in [0.05, 0.1) is 12.7 Å². The topological polar surface area (TPSA) is 63.6 Å². The Balaban J connectivity index is 2.58. The summed E-state index contributed by atoms with van der Waals surface area (Å²) < 4.78 is 5.06. The molecule has 0 aliphatic heterocycles. The summed E-state index contributed by atoms with van der Waals surface area (Å²) >= 11 is 0. The van der Waals surface area contributed by atoms with Crippen LogP contribution in [0.4, 0.5) is 0 Å². The smallest absolute Gasteiger partial charge is 0.153 e. The van der Waals surface area contributed by atoms with E-state index in [0.717, 1.165) is 6.29 Å². The quantitative estimate of drug-likeness (QED) is 0.854. The van der Waals surface area contributed by atoms with Gasteiger partial charge in [-0.1, -0.05) is 6.07 Å². The molecule has 0 heterocycles. The second-order valence-corrected chi connectivity index (χ2v) is 3.96. The molecule has 1 N–H and O–H groups in total. The minimum atomic E-state index is -0.0834. The van der Waals surface area contributed by atoms with E-state index in [0.29, 0.717) is 28.7 Å². The number of phenols is 1. The third-order valence-electron chi connectivity index (χ3n) is 2.85. The van der Waals surface area contributed by atoms with Crippen LogP contribution in [0.25, 0.3) is 11.1 Å². The molecule has 0 fully saturated rings. The predicted molar refractivity (Wildman–Crippen MR) is 70.9 cm³/mol. The molecule has 0 aliphatic carbocycles. The molecule has 96 valence electrons. The Morgan fingerprint density at radius 3 is 2.37 bits per heavy atom. The fourth-order valence-corrected chi connectivity index (χ4v) is 1.84. The van der Waals surface area contributed by atoms with Crippen molar-refractivity contribution < 1.29 is 19.4 Å². The number of hydrogen-bond acceptors (Lipinski definition) is 4. The zero-order valence-electron chi connectivity index (χ0n) is 10.3. The van der Waals surface area contributed by atoms with Gasteiger partial charge >= 0.3 is 0 Å². The van der Waals surface area contributed by atoms with Gasteiger partial charge in [-0.2, -0.15) is 0 Å². The first-order chi connectivity index (χ1) is 9.19. The Bertz CT molecular complexity index is 632. The van der Waals surface area contributed by atoms with Gasteiger partial charge < -0.3 is 9.84 Å². The highest BCUT2D eigenvalue weighted by atomic mass is 16.5. The van der Waals surface area contributed by atoms with Crippen LogP contribution in [0.1, 0.15) is 20.7 Å². The highest BCUT2D eigenvalue weighted by Crippen LogP contribution is 2.29. The summed E-state index contributed by atoms with van der Waals surface area (Å²) in [6.45, 7) is 0. The van der Waals surface area contributed by atoms with Crippen LogP contribution < -0.4 is 4.74 Å². The molecule has 4 nitrogen and oxygen atoms in total. The molecule has 0 radical (unpaired) electrons. The number of carbonyl (C=O) groups is 2. The van der Waals surface area contributed by atoms with Gasteiger partial charge in [-0.25, -0.2) is 0 Å². The van der Waals surface area contributed by atoms with E-state index >= 15 is 0 Å². The van der Waals surface area contributed by atoms with Gasteiger partial charge in [0.2, 0.25) is 0 Å². The maximum atomic E-state index is 11.1. The number of ether oxygens (including phenoxy) is 1. The Morgan fingerprint density at radius 1 is 1.00 bits per heavy atom. The SMILES string of the molecule is COc1ccc(-c2ccc(O)c(C=O)c2)c(C=O)c1. The molecular formula is C15H12O4. The van der Waals surface area contributed by atoms with Crippen molar-refractivity contribution in [2.45, 2.75) is 0 Å². The van der Waals surface area contributed by atoms with Crippen LogP contribution >= 0.6 is 0 Å². The second kappa shape index (κ2) is 5.35. The first-order valence-corrected chi connectivity index (χ1v) is 5.61. The molecule has 0 aromatic heterocycles. The molecule has 0 aliphatic rings. The largest absolute Gasteiger partial charge is 0.507 e. The van der Waals surface area contributed by atoms with Crippen molar-refractivity contribution in [3.8, 4) is 22.6 Å². The number of aldehydes is 2. The van der Waals surface area contributed by atoms with Crippen LogP contribution in [-0.2, 0) is 0 Å². The van der Waals surface area contributed by atoms with E-state index in [1.54, 1.807) is 24.3 Å². The van der Waals surface area contributed by atoms with Crippen LogP contribution in [0.5, 0.6) is 11.5 Å². The summed E-state index contributed by atoms with van der Waals surface area (Å²) in [7, 11) is 1.52. The van der Waals surface area contributed by atoms with E-state index < -0.39 is 0 Å². The van der Waals surface area contributed by atoms with Gasteiger partial charge in [0.25, 0.3) is 0 Å². The van der Waals surface area contributed by atoms with Gasteiger partial charge in [-0.05, 0) is 41.5 Å². The van der Waals surface area contributed by atoms with E-state index in [-0.39, 0.29) is 11.3 Å². The van der Waals surface area contributed by atoms with Crippen LogP contribution in [0.2, 0.25) is 0 Å². The lowest BCUT2D eigenvalue weighted by Crippen LogP contribution is -1.91. The highest BCUT2D eigenvalue weighted by Gasteiger charge is 2.09. The lowest BCUT2D eigenvalue weighted by atomic mass is 9.98. The molecule has 0 bridgehead atoms. The molecular weight excluding hydrogens is 244 g/mol. The normalized spacial score (nSPS) is 9.95. The summed E-state index contributed by atoms with van der Waals surface area (Å²) in [4.78, 5) is 21.9. The third kappa shape index (κ3) is 2.47. The molecule has 0 amide bonds. The molecule has 0 atom stereocenters. The van der Waals surface area contributed by atoms with Crippen molar-refractivity contribution >= 4 is 12.6 Å². The molecule has 0 unspecified atom stereocenters. The van der Waals surface area contributed by atoms with Crippen molar-refractivity contribution in [3.05, 3.63) is 47.5 Å². The highest BCUT2D eigenvalue weighted by molar-refractivity contribution is 5.90. The Labute approximate surface area is 110 Å². The molecule has 0 spiro atoms. The molecule has 2 aromatic rings. The summed E-state index contributed by atoms with van der Waals surface area (Å²) in [5.74, 6) is 0.500. The summed E-state index contributed by atoms with van der Waals surface area (Å²) in [6.07, 6.45) is 1.30. The number of rotatable bonds is 4. The molecule has 0 saturated heterocycles. The first kappa shape index (κ1) is 12.8. The van der Waals surface area contributed by atoms with Crippen molar-refractivity contribution in [1.82, 2.24) is 0 Å². The average Bonchev–Trinajstić information content (AvgIpc) is 2.47. The van der Waals surface area contributed by atoms with E-state index in [9.17, 15) is 14.7 Å². The molecule has 4 heteroatoms. The van der Waals surface area contributed by atoms with Gasteiger partial charge in [0, 0.05) is 5.56 Å². The summed E-state index contributed by atoms with van der Waals surface area (Å²) in [6, 6.07) is 9.71. The van der Waals surface area contributed by atoms with Gasteiger partial charge in [-0.15, -0.1) is 0 Å². The first-order valence-electron chi connectivity index (χ1n) is 5.61. The summed E-state index contributed by atoms with van der Waals surface area (Å²) in [5, 5.41) is 9.47. The van der Waals surface area contributed by atoms with Crippen LogP contribution in [0.3, 0.4) is 0 Å². The summed E-state index contributed by atoms with van der Waals surface area (Å²) in [5.41, 5.74) is 2.01. The van der Waals surface area contributed by atoms with Crippen molar-refractivity contribution in [2.24, 2.45) is 0 Å². The number of benzene rings is 2.